The molecule has 0 aromatic heterocycles. The molecule has 0 fully saturated rings. The highest BCUT2D eigenvalue weighted by atomic mass is 16.6. The van der Waals surface area contributed by atoms with E-state index >= 15 is 0 Å². The van der Waals surface area contributed by atoms with Gasteiger partial charge in [0.25, 0.3) is 0 Å². The zero-order valence-electron chi connectivity index (χ0n) is 35.1. The molecule has 1 aliphatic carbocycles. The zero-order chi connectivity index (χ0) is 42.4. The molecule has 0 atom stereocenters. The lowest BCUT2D eigenvalue weighted by molar-refractivity contribution is -0.138. The molecule has 340 valence electrons. The standard InChI is InChI=1S/C43H67NO16/c45-42(46)10-13-49-15-17-51-19-21-53-23-25-55-27-29-57-31-33-59-35-34-58-32-30-56-28-26-54-24-22-52-20-18-50-16-14-48-12-5-11-44-43(47)60-36-41-39-8-3-1-6-37(39)38-7-2-4-9-40(38)41/h1-4,6-9,41H,5,10-36H2,(H,44,47)(H,45,46). The van der Waals surface area contributed by atoms with Crippen LogP contribution in [0.4, 0.5) is 4.79 Å². The number of hydrogen-bond acceptors (Lipinski definition) is 15. The van der Waals surface area contributed by atoms with Gasteiger partial charge in [0.2, 0.25) is 0 Å². The summed E-state index contributed by atoms with van der Waals surface area (Å²) in [6.07, 6.45) is 0.250. The number of hydrogen-bond donors (Lipinski definition) is 2. The van der Waals surface area contributed by atoms with Gasteiger partial charge in [-0.05, 0) is 28.7 Å². The Bertz CT molecular complexity index is 1310. The van der Waals surface area contributed by atoms with Gasteiger partial charge in [0.15, 0.2) is 0 Å². The van der Waals surface area contributed by atoms with Crippen LogP contribution in [0.5, 0.6) is 0 Å². The molecule has 0 aliphatic heterocycles. The van der Waals surface area contributed by atoms with Crippen LogP contribution in [0, 0.1) is 0 Å². The lowest BCUT2D eigenvalue weighted by Gasteiger charge is -2.14. The van der Waals surface area contributed by atoms with Gasteiger partial charge in [0.05, 0.1) is 158 Å². The number of alkyl carbamates (subject to hydrolysis) is 1. The number of nitrogens with one attached hydrogen (secondary N) is 1. The highest BCUT2D eigenvalue weighted by Crippen LogP contribution is 2.44. The fourth-order valence-electron chi connectivity index (χ4n) is 5.69. The molecule has 0 spiro atoms. The van der Waals surface area contributed by atoms with Crippen molar-refractivity contribution >= 4 is 12.1 Å². The maximum absolute atomic E-state index is 12.3. The molecular formula is C43H67NO16. The van der Waals surface area contributed by atoms with Crippen molar-refractivity contribution in [1.29, 1.82) is 0 Å². The molecular weight excluding hydrogens is 786 g/mol. The molecule has 2 aromatic rings. The number of ether oxygens (including phenoxy) is 13. The SMILES string of the molecule is O=C(O)CCOCCOCCOCCOCCOCCOCCOCCOCCOCCOCCOCCOCCCNC(=O)OCC1c2ccccc2-c2ccccc21. The number of carboxylic acids is 1. The summed E-state index contributed by atoms with van der Waals surface area (Å²) in [6, 6.07) is 16.5. The minimum absolute atomic E-state index is 0.00757. The van der Waals surface area contributed by atoms with E-state index in [0.29, 0.717) is 172 Å². The molecule has 0 radical (unpaired) electrons. The Labute approximate surface area is 354 Å². The van der Waals surface area contributed by atoms with Gasteiger partial charge in [-0.3, -0.25) is 4.79 Å². The van der Waals surface area contributed by atoms with Crippen LogP contribution in [0.2, 0.25) is 0 Å². The van der Waals surface area contributed by atoms with E-state index in [-0.39, 0.29) is 18.9 Å². The van der Waals surface area contributed by atoms with Gasteiger partial charge in [-0.2, -0.15) is 0 Å². The second-order valence-corrected chi connectivity index (χ2v) is 13.1. The molecule has 0 bridgehead atoms. The van der Waals surface area contributed by atoms with E-state index in [9.17, 15) is 9.59 Å². The van der Waals surface area contributed by atoms with Gasteiger partial charge < -0.3 is 72.0 Å². The Balaban J connectivity index is 0.920. The van der Waals surface area contributed by atoms with Crippen LogP contribution >= 0.6 is 0 Å². The maximum Gasteiger partial charge on any atom is 0.407 e. The van der Waals surface area contributed by atoms with Crippen molar-refractivity contribution in [1.82, 2.24) is 5.32 Å². The first-order valence-electron chi connectivity index (χ1n) is 20.9. The Morgan fingerprint density at radius 3 is 1.07 bits per heavy atom. The molecule has 17 nitrogen and oxygen atoms in total. The molecule has 17 heteroatoms. The average molecular weight is 854 g/mol. The van der Waals surface area contributed by atoms with E-state index in [1.54, 1.807) is 0 Å². The monoisotopic (exact) mass is 853 g/mol. The summed E-state index contributed by atoms with van der Waals surface area (Å²) < 4.78 is 70.9. The van der Waals surface area contributed by atoms with Crippen molar-refractivity contribution in [3.8, 4) is 11.1 Å². The van der Waals surface area contributed by atoms with E-state index in [1.807, 2.05) is 24.3 Å². The third kappa shape index (κ3) is 25.5. The topological polar surface area (TPSA) is 186 Å². The van der Waals surface area contributed by atoms with Crippen LogP contribution in [0.3, 0.4) is 0 Å². The maximum atomic E-state index is 12.3. The third-order valence-electron chi connectivity index (χ3n) is 8.63. The molecule has 0 unspecified atom stereocenters. The number of carbonyl (C=O) groups is 2. The number of fused-ring (bicyclic) bond motifs is 3. The normalized spacial score (nSPS) is 12.1. The van der Waals surface area contributed by atoms with Crippen LogP contribution in [0.1, 0.15) is 29.9 Å². The molecule has 0 saturated carbocycles. The van der Waals surface area contributed by atoms with Gasteiger partial charge in [-0.1, -0.05) is 48.5 Å². The first-order chi connectivity index (χ1) is 29.7. The average Bonchev–Trinajstić information content (AvgIpc) is 3.58. The molecule has 0 saturated heterocycles. The lowest BCUT2D eigenvalue weighted by atomic mass is 9.98. The Morgan fingerprint density at radius 2 is 0.733 bits per heavy atom. The Morgan fingerprint density at radius 1 is 0.433 bits per heavy atom. The van der Waals surface area contributed by atoms with Gasteiger partial charge in [0.1, 0.15) is 6.61 Å². The Kier molecular flexibility index (Phi) is 30.9. The second kappa shape index (κ2) is 36.4. The quantitative estimate of drug-likeness (QED) is 0.0923. The summed E-state index contributed by atoms with van der Waals surface area (Å²) in [6.45, 7) is 11.7. The molecule has 1 amide bonds. The van der Waals surface area contributed by atoms with Crippen molar-refractivity contribution < 1.29 is 76.3 Å². The van der Waals surface area contributed by atoms with E-state index in [2.05, 4.69) is 29.6 Å². The molecule has 2 aromatic carbocycles. The van der Waals surface area contributed by atoms with Crippen LogP contribution in [-0.2, 0) is 66.4 Å². The fraction of sp³-hybridized carbons (Fsp3) is 0.674. The second-order valence-electron chi connectivity index (χ2n) is 13.1. The number of carbonyl (C=O) groups excluding carboxylic acids is 1. The predicted molar refractivity (Wildman–Crippen MR) is 220 cm³/mol. The van der Waals surface area contributed by atoms with Gasteiger partial charge in [-0.15, -0.1) is 0 Å². The molecule has 2 N–H and O–H groups in total. The summed E-state index contributed by atoms with van der Waals surface area (Å²) in [7, 11) is 0. The Hall–Kier alpha value is -3.30. The number of amides is 1. The highest BCUT2D eigenvalue weighted by molar-refractivity contribution is 5.79. The summed E-state index contributed by atoms with van der Waals surface area (Å²) in [4.78, 5) is 22.6. The van der Waals surface area contributed by atoms with E-state index in [4.69, 9.17) is 66.7 Å². The van der Waals surface area contributed by atoms with Crippen molar-refractivity contribution in [2.24, 2.45) is 0 Å². The van der Waals surface area contributed by atoms with E-state index in [0.717, 1.165) is 0 Å². The predicted octanol–water partition coefficient (Wildman–Crippen LogP) is 3.59. The molecule has 60 heavy (non-hydrogen) atoms. The van der Waals surface area contributed by atoms with Crippen LogP contribution in [0.25, 0.3) is 11.1 Å². The van der Waals surface area contributed by atoms with Gasteiger partial charge >= 0.3 is 12.1 Å². The summed E-state index contributed by atoms with van der Waals surface area (Å²) in [5, 5.41) is 11.3. The smallest absolute Gasteiger partial charge is 0.407 e. The number of carboxylic acid groups (broad SMARTS) is 1. The van der Waals surface area contributed by atoms with E-state index < -0.39 is 12.1 Å². The third-order valence-corrected chi connectivity index (χ3v) is 8.63. The van der Waals surface area contributed by atoms with Crippen LogP contribution < -0.4 is 5.32 Å². The van der Waals surface area contributed by atoms with Crippen LogP contribution in [0.15, 0.2) is 48.5 Å². The van der Waals surface area contributed by atoms with Gasteiger partial charge in [-0.25, -0.2) is 4.79 Å². The molecule has 0 heterocycles. The lowest BCUT2D eigenvalue weighted by Crippen LogP contribution is -2.27. The number of aliphatic carboxylic acids is 1. The number of rotatable bonds is 42. The molecule has 1 aliphatic rings. The molecule has 3 rings (SSSR count). The highest BCUT2D eigenvalue weighted by Gasteiger charge is 2.29. The summed E-state index contributed by atoms with van der Waals surface area (Å²) >= 11 is 0. The van der Waals surface area contributed by atoms with Crippen LogP contribution in [-0.4, -0.2) is 189 Å². The minimum Gasteiger partial charge on any atom is -0.481 e. The first kappa shape index (κ1) is 51.1. The summed E-state index contributed by atoms with van der Waals surface area (Å²) in [5.74, 6) is -0.834. The van der Waals surface area contributed by atoms with E-state index in [1.165, 1.54) is 22.3 Å². The van der Waals surface area contributed by atoms with Crippen molar-refractivity contribution in [3.63, 3.8) is 0 Å². The summed E-state index contributed by atoms with van der Waals surface area (Å²) in [5.41, 5.74) is 4.79. The largest absolute Gasteiger partial charge is 0.481 e. The number of benzene rings is 2. The van der Waals surface area contributed by atoms with Gasteiger partial charge in [0, 0.05) is 19.1 Å². The van der Waals surface area contributed by atoms with Crippen molar-refractivity contribution in [3.05, 3.63) is 59.7 Å². The zero-order valence-corrected chi connectivity index (χ0v) is 35.1. The van der Waals surface area contributed by atoms with Crippen molar-refractivity contribution in [2.45, 2.75) is 18.8 Å². The van der Waals surface area contributed by atoms with Crippen molar-refractivity contribution in [2.75, 3.05) is 172 Å². The minimum atomic E-state index is -0.878. The first-order valence-corrected chi connectivity index (χ1v) is 20.9. The fourth-order valence-corrected chi connectivity index (χ4v) is 5.69.